The van der Waals surface area contributed by atoms with Gasteiger partial charge in [0.2, 0.25) is 0 Å². The average Bonchev–Trinajstić information content (AvgIpc) is 2.46. The number of fused-ring (bicyclic) bond motifs is 5. The van der Waals surface area contributed by atoms with Crippen LogP contribution in [0.15, 0.2) is 66.7 Å². The van der Waals surface area contributed by atoms with Crippen LogP contribution in [-0.2, 0) is 0 Å². The number of hydrogen-bond acceptors (Lipinski definition) is 1. The lowest BCUT2D eigenvalue weighted by atomic mass is 9.96. The Kier molecular flexibility index (Phi) is 2.04. The molecule has 0 aliphatic rings. The number of rotatable bonds is 0. The fourth-order valence-electron chi connectivity index (χ4n) is 2.90. The molecule has 0 aliphatic carbocycles. The number of benzene rings is 4. The summed E-state index contributed by atoms with van der Waals surface area (Å²) in [6.07, 6.45) is 0. The first-order chi connectivity index (χ1) is 9.34. The van der Waals surface area contributed by atoms with Crippen molar-refractivity contribution in [3.63, 3.8) is 0 Å². The summed E-state index contributed by atoms with van der Waals surface area (Å²) in [4.78, 5) is 0. The van der Waals surface area contributed by atoms with E-state index in [1.54, 1.807) is 0 Å². The Morgan fingerprint density at radius 2 is 1.26 bits per heavy atom. The molecule has 0 saturated carbocycles. The van der Waals surface area contributed by atoms with Crippen LogP contribution in [0.2, 0.25) is 0 Å². The molecular formula is C18H13N. The Morgan fingerprint density at radius 3 is 2.21 bits per heavy atom. The van der Waals surface area contributed by atoms with Gasteiger partial charge in [0.1, 0.15) is 0 Å². The molecule has 4 rings (SSSR count). The molecule has 0 saturated heterocycles. The summed E-state index contributed by atoms with van der Waals surface area (Å²) in [5.41, 5.74) is 7.01. The van der Waals surface area contributed by atoms with Crippen LogP contribution in [-0.4, -0.2) is 0 Å². The SMILES string of the molecule is Nc1cccc2ccc3c4ccccc4ccc3c12. The maximum absolute atomic E-state index is 6.17. The summed E-state index contributed by atoms with van der Waals surface area (Å²) in [5, 5.41) is 7.40. The Morgan fingerprint density at radius 1 is 0.526 bits per heavy atom. The first-order valence-electron chi connectivity index (χ1n) is 6.43. The maximum Gasteiger partial charge on any atom is 0.0400 e. The van der Waals surface area contributed by atoms with Gasteiger partial charge in [-0.2, -0.15) is 0 Å². The normalized spacial score (nSPS) is 11.4. The van der Waals surface area contributed by atoms with Crippen LogP contribution >= 0.6 is 0 Å². The van der Waals surface area contributed by atoms with Crippen LogP contribution < -0.4 is 5.73 Å². The van der Waals surface area contributed by atoms with Crippen LogP contribution in [0.5, 0.6) is 0 Å². The molecule has 0 radical (unpaired) electrons. The molecule has 4 aromatic rings. The van der Waals surface area contributed by atoms with Gasteiger partial charge in [-0.05, 0) is 33.0 Å². The van der Waals surface area contributed by atoms with Crippen molar-refractivity contribution in [3.05, 3.63) is 66.7 Å². The predicted octanol–water partition coefficient (Wildman–Crippen LogP) is 4.73. The monoisotopic (exact) mass is 243 g/mol. The van der Waals surface area contributed by atoms with Crippen molar-refractivity contribution in [3.8, 4) is 0 Å². The van der Waals surface area contributed by atoms with Crippen molar-refractivity contribution < 1.29 is 0 Å². The molecule has 2 N–H and O–H groups in total. The van der Waals surface area contributed by atoms with Crippen molar-refractivity contribution in [2.45, 2.75) is 0 Å². The Balaban J connectivity index is 2.32. The minimum atomic E-state index is 0.846. The highest BCUT2D eigenvalue weighted by molar-refractivity contribution is 6.20. The van der Waals surface area contributed by atoms with E-state index in [0.29, 0.717) is 0 Å². The van der Waals surface area contributed by atoms with Crippen LogP contribution in [0, 0.1) is 0 Å². The molecule has 1 nitrogen and oxygen atoms in total. The number of anilines is 1. The molecule has 4 aromatic carbocycles. The second-order valence-electron chi connectivity index (χ2n) is 4.89. The van der Waals surface area contributed by atoms with Gasteiger partial charge in [0.15, 0.2) is 0 Å². The summed E-state index contributed by atoms with van der Waals surface area (Å²) in [6.45, 7) is 0. The molecule has 0 bridgehead atoms. The third-order valence-electron chi connectivity index (χ3n) is 3.80. The lowest BCUT2D eigenvalue weighted by Gasteiger charge is -2.09. The summed E-state index contributed by atoms with van der Waals surface area (Å²) in [6, 6.07) is 23.3. The number of nitrogen functional groups attached to an aromatic ring is 1. The standard InChI is InChI=1S/C18H13N/c19-17-7-3-5-13-9-10-15-14-6-2-1-4-12(14)8-11-16(15)18(13)17/h1-11H,19H2. The molecule has 0 fully saturated rings. The van der Waals surface area contributed by atoms with E-state index < -0.39 is 0 Å². The van der Waals surface area contributed by atoms with E-state index in [1.165, 1.54) is 26.9 Å². The molecule has 0 unspecified atom stereocenters. The molecule has 90 valence electrons. The fraction of sp³-hybridized carbons (Fsp3) is 0. The largest absolute Gasteiger partial charge is 0.398 e. The topological polar surface area (TPSA) is 26.0 Å². The highest BCUT2D eigenvalue weighted by atomic mass is 14.5. The Labute approximate surface area is 111 Å². The van der Waals surface area contributed by atoms with E-state index in [2.05, 4.69) is 54.6 Å². The van der Waals surface area contributed by atoms with Gasteiger partial charge in [-0.3, -0.25) is 0 Å². The van der Waals surface area contributed by atoms with E-state index in [0.717, 1.165) is 11.1 Å². The predicted molar refractivity (Wildman–Crippen MR) is 83.4 cm³/mol. The van der Waals surface area contributed by atoms with Gasteiger partial charge in [-0.25, -0.2) is 0 Å². The van der Waals surface area contributed by atoms with Crippen molar-refractivity contribution in [2.75, 3.05) is 5.73 Å². The average molecular weight is 243 g/mol. The van der Waals surface area contributed by atoms with Crippen LogP contribution in [0.4, 0.5) is 5.69 Å². The number of nitrogens with two attached hydrogens (primary N) is 1. The van der Waals surface area contributed by atoms with Gasteiger partial charge in [0, 0.05) is 11.1 Å². The smallest absolute Gasteiger partial charge is 0.0400 e. The molecule has 19 heavy (non-hydrogen) atoms. The zero-order valence-electron chi connectivity index (χ0n) is 10.4. The van der Waals surface area contributed by atoms with Gasteiger partial charge >= 0.3 is 0 Å². The third kappa shape index (κ3) is 1.42. The fourth-order valence-corrected chi connectivity index (χ4v) is 2.90. The van der Waals surface area contributed by atoms with Crippen molar-refractivity contribution in [1.29, 1.82) is 0 Å². The van der Waals surface area contributed by atoms with Crippen LogP contribution in [0.1, 0.15) is 0 Å². The number of hydrogen-bond donors (Lipinski definition) is 1. The zero-order valence-corrected chi connectivity index (χ0v) is 10.4. The zero-order chi connectivity index (χ0) is 12.8. The van der Waals surface area contributed by atoms with Crippen molar-refractivity contribution in [1.82, 2.24) is 0 Å². The molecule has 0 spiro atoms. The van der Waals surface area contributed by atoms with Crippen LogP contribution in [0.25, 0.3) is 32.3 Å². The molecule has 0 amide bonds. The maximum atomic E-state index is 6.17. The van der Waals surface area contributed by atoms with E-state index in [4.69, 9.17) is 5.73 Å². The van der Waals surface area contributed by atoms with E-state index >= 15 is 0 Å². The Hall–Kier alpha value is -2.54. The van der Waals surface area contributed by atoms with E-state index in [-0.39, 0.29) is 0 Å². The second kappa shape index (κ2) is 3.72. The highest BCUT2D eigenvalue weighted by Crippen LogP contribution is 2.33. The molecule has 0 atom stereocenters. The van der Waals surface area contributed by atoms with Gasteiger partial charge in [0.25, 0.3) is 0 Å². The molecular weight excluding hydrogens is 230 g/mol. The first-order valence-corrected chi connectivity index (χ1v) is 6.43. The Bertz CT molecular complexity index is 922. The summed E-state index contributed by atoms with van der Waals surface area (Å²) >= 11 is 0. The minimum Gasteiger partial charge on any atom is -0.398 e. The summed E-state index contributed by atoms with van der Waals surface area (Å²) < 4.78 is 0. The molecule has 1 heteroatoms. The highest BCUT2D eigenvalue weighted by Gasteiger charge is 2.06. The van der Waals surface area contributed by atoms with Crippen molar-refractivity contribution in [2.24, 2.45) is 0 Å². The van der Waals surface area contributed by atoms with Crippen LogP contribution in [0.3, 0.4) is 0 Å². The molecule has 0 aromatic heterocycles. The summed E-state index contributed by atoms with van der Waals surface area (Å²) in [7, 11) is 0. The van der Waals surface area contributed by atoms with Gasteiger partial charge in [0.05, 0.1) is 0 Å². The first kappa shape index (κ1) is 10.4. The summed E-state index contributed by atoms with van der Waals surface area (Å²) in [5.74, 6) is 0. The van der Waals surface area contributed by atoms with Crippen molar-refractivity contribution >= 4 is 38.0 Å². The quantitative estimate of drug-likeness (QED) is 0.350. The lowest BCUT2D eigenvalue weighted by Crippen LogP contribution is -1.88. The van der Waals surface area contributed by atoms with E-state index in [9.17, 15) is 0 Å². The lowest BCUT2D eigenvalue weighted by molar-refractivity contribution is 1.75. The van der Waals surface area contributed by atoms with Gasteiger partial charge < -0.3 is 5.73 Å². The second-order valence-corrected chi connectivity index (χ2v) is 4.89. The minimum absolute atomic E-state index is 0.846. The van der Waals surface area contributed by atoms with Gasteiger partial charge in [-0.15, -0.1) is 0 Å². The molecule has 0 heterocycles. The molecule has 0 aliphatic heterocycles. The van der Waals surface area contributed by atoms with E-state index in [1.807, 2.05) is 12.1 Å². The third-order valence-corrected chi connectivity index (χ3v) is 3.80. The van der Waals surface area contributed by atoms with Gasteiger partial charge in [-0.1, -0.05) is 60.7 Å².